The molecule has 0 radical (unpaired) electrons. The van der Waals surface area contributed by atoms with Gasteiger partial charge in [0.1, 0.15) is 5.75 Å². The van der Waals surface area contributed by atoms with Gasteiger partial charge in [0.15, 0.2) is 5.96 Å². The molecular formula is C21H35IN4O2. The first-order valence-electron chi connectivity index (χ1n) is 10.00. The van der Waals surface area contributed by atoms with Crippen LogP contribution in [0.25, 0.3) is 0 Å². The summed E-state index contributed by atoms with van der Waals surface area (Å²) in [6.07, 6.45) is 5.20. The van der Waals surface area contributed by atoms with E-state index in [1.807, 2.05) is 12.1 Å². The van der Waals surface area contributed by atoms with Crippen LogP contribution < -0.4 is 20.7 Å². The Labute approximate surface area is 186 Å². The second kappa shape index (κ2) is 13.6. The van der Waals surface area contributed by atoms with Gasteiger partial charge in [0.2, 0.25) is 5.91 Å². The number of nitrogens with zero attached hydrogens (tertiary/aromatic N) is 1. The molecule has 158 valence electrons. The molecule has 0 heterocycles. The van der Waals surface area contributed by atoms with E-state index in [0.717, 1.165) is 50.5 Å². The standard InChI is InChI=1S/C21H34N4O2.HI/c1-16(17-8-10-19(27-3)11-9-17)12-15-25-21(22-2)24-14-5-13-23-20(26)18-6-4-7-18;/h8-11,16,18H,4-7,12-15H2,1-3H3,(H,23,26)(H2,22,24,25);1H. The van der Waals surface area contributed by atoms with Crippen molar-refractivity contribution in [1.82, 2.24) is 16.0 Å². The van der Waals surface area contributed by atoms with Crippen molar-refractivity contribution in [3.63, 3.8) is 0 Å². The first-order valence-corrected chi connectivity index (χ1v) is 10.00. The molecule has 1 saturated carbocycles. The van der Waals surface area contributed by atoms with Gasteiger partial charge in [-0.2, -0.15) is 0 Å². The van der Waals surface area contributed by atoms with Crippen LogP contribution in [0.4, 0.5) is 0 Å². The minimum absolute atomic E-state index is 0. The largest absolute Gasteiger partial charge is 0.497 e. The zero-order valence-corrected chi connectivity index (χ0v) is 19.6. The number of rotatable bonds is 10. The molecule has 1 fully saturated rings. The van der Waals surface area contributed by atoms with Crippen molar-refractivity contribution in [2.24, 2.45) is 10.9 Å². The van der Waals surface area contributed by atoms with Crippen molar-refractivity contribution in [2.45, 2.75) is 44.9 Å². The lowest BCUT2D eigenvalue weighted by Crippen LogP contribution is -2.40. The number of carbonyl (C=O) groups is 1. The van der Waals surface area contributed by atoms with Gasteiger partial charge in [-0.3, -0.25) is 9.79 Å². The minimum Gasteiger partial charge on any atom is -0.497 e. The number of nitrogens with one attached hydrogen (secondary N) is 3. The molecule has 1 amide bonds. The second-order valence-electron chi connectivity index (χ2n) is 7.16. The Morgan fingerprint density at radius 2 is 1.79 bits per heavy atom. The minimum atomic E-state index is 0. The fraction of sp³-hybridized carbons (Fsp3) is 0.619. The highest BCUT2D eigenvalue weighted by Crippen LogP contribution is 2.26. The molecule has 0 spiro atoms. The van der Waals surface area contributed by atoms with E-state index in [0.29, 0.717) is 12.5 Å². The maximum absolute atomic E-state index is 11.8. The first-order chi connectivity index (χ1) is 13.1. The summed E-state index contributed by atoms with van der Waals surface area (Å²) in [7, 11) is 3.46. The fourth-order valence-electron chi connectivity index (χ4n) is 3.05. The SMILES string of the molecule is CN=C(NCCCNC(=O)C1CCC1)NCCC(C)c1ccc(OC)cc1.I. The van der Waals surface area contributed by atoms with Gasteiger partial charge in [-0.1, -0.05) is 25.5 Å². The topological polar surface area (TPSA) is 74.8 Å². The van der Waals surface area contributed by atoms with Crippen molar-refractivity contribution < 1.29 is 9.53 Å². The Kier molecular flexibility index (Phi) is 11.9. The van der Waals surface area contributed by atoms with Crippen LogP contribution in [0.15, 0.2) is 29.3 Å². The lowest BCUT2D eigenvalue weighted by Gasteiger charge is -2.24. The van der Waals surface area contributed by atoms with Crippen LogP contribution in [0.5, 0.6) is 5.75 Å². The Hall–Kier alpha value is -1.51. The molecule has 6 nitrogen and oxygen atoms in total. The number of ether oxygens (including phenoxy) is 1. The van der Waals surface area contributed by atoms with E-state index in [2.05, 4.69) is 40.0 Å². The summed E-state index contributed by atoms with van der Waals surface area (Å²) >= 11 is 0. The summed E-state index contributed by atoms with van der Waals surface area (Å²) in [5.41, 5.74) is 1.31. The Morgan fingerprint density at radius 3 is 2.36 bits per heavy atom. The molecular weight excluding hydrogens is 467 g/mol. The number of methoxy groups -OCH3 is 1. The molecule has 2 rings (SSSR count). The van der Waals surface area contributed by atoms with Gasteiger partial charge >= 0.3 is 0 Å². The molecule has 1 aromatic carbocycles. The molecule has 1 atom stereocenters. The molecule has 1 aliphatic carbocycles. The molecule has 1 unspecified atom stereocenters. The highest BCUT2D eigenvalue weighted by Gasteiger charge is 2.24. The summed E-state index contributed by atoms with van der Waals surface area (Å²) in [5, 5.41) is 9.67. The predicted molar refractivity (Wildman–Crippen MR) is 126 cm³/mol. The predicted octanol–water partition coefficient (Wildman–Crippen LogP) is 3.28. The lowest BCUT2D eigenvalue weighted by molar-refractivity contribution is -0.127. The van der Waals surface area contributed by atoms with Crippen LogP contribution in [-0.2, 0) is 4.79 Å². The van der Waals surface area contributed by atoms with Crippen molar-refractivity contribution in [3.05, 3.63) is 29.8 Å². The smallest absolute Gasteiger partial charge is 0.223 e. The molecule has 0 aromatic heterocycles. The number of guanidine groups is 1. The van der Waals surface area contributed by atoms with Crippen molar-refractivity contribution in [1.29, 1.82) is 0 Å². The third kappa shape index (κ3) is 8.24. The van der Waals surface area contributed by atoms with Crippen molar-refractivity contribution in [3.8, 4) is 5.75 Å². The molecule has 7 heteroatoms. The highest BCUT2D eigenvalue weighted by molar-refractivity contribution is 14.0. The van der Waals surface area contributed by atoms with Gasteiger partial charge in [0.25, 0.3) is 0 Å². The van der Waals surface area contributed by atoms with Gasteiger partial charge in [-0.15, -0.1) is 24.0 Å². The Bertz CT molecular complexity index is 603. The van der Waals surface area contributed by atoms with Gasteiger partial charge in [0, 0.05) is 32.6 Å². The average molecular weight is 502 g/mol. The fourth-order valence-corrected chi connectivity index (χ4v) is 3.05. The van der Waals surface area contributed by atoms with E-state index >= 15 is 0 Å². The first kappa shape index (κ1) is 24.5. The van der Waals surface area contributed by atoms with E-state index in [1.165, 1.54) is 12.0 Å². The maximum atomic E-state index is 11.8. The van der Waals surface area contributed by atoms with Crippen LogP contribution in [0.1, 0.15) is 50.5 Å². The third-order valence-corrected chi connectivity index (χ3v) is 5.20. The summed E-state index contributed by atoms with van der Waals surface area (Å²) in [6, 6.07) is 8.25. The van der Waals surface area contributed by atoms with Gasteiger partial charge in [-0.05, 0) is 49.3 Å². The molecule has 1 aliphatic rings. The molecule has 0 aliphatic heterocycles. The quantitative estimate of drug-likeness (QED) is 0.199. The summed E-state index contributed by atoms with van der Waals surface area (Å²) < 4.78 is 5.20. The van der Waals surface area contributed by atoms with Gasteiger partial charge < -0.3 is 20.7 Å². The van der Waals surface area contributed by atoms with Crippen molar-refractivity contribution >= 4 is 35.8 Å². The normalized spacial score (nSPS) is 15.0. The zero-order chi connectivity index (χ0) is 19.5. The van der Waals surface area contributed by atoms with Crippen LogP contribution >= 0.6 is 24.0 Å². The molecule has 3 N–H and O–H groups in total. The summed E-state index contributed by atoms with van der Waals surface area (Å²) in [5.74, 6) is 2.64. The zero-order valence-electron chi connectivity index (χ0n) is 17.3. The molecule has 0 saturated heterocycles. The second-order valence-corrected chi connectivity index (χ2v) is 7.16. The van der Waals surface area contributed by atoms with E-state index in [9.17, 15) is 4.79 Å². The van der Waals surface area contributed by atoms with E-state index in [1.54, 1.807) is 14.2 Å². The van der Waals surface area contributed by atoms with Crippen LogP contribution in [0.2, 0.25) is 0 Å². The number of benzene rings is 1. The highest BCUT2D eigenvalue weighted by atomic mass is 127. The van der Waals surface area contributed by atoms with Crippen molar-refractivity contribution in [2.75, 3.05) is 33.8 Å². The third-order valence-electron chi connectivity index (χ3n) is 5.20. The Morgan fingerprint density at radius 1 is 1.14 bits per heavy atom. The van der Waals surface area contributed by atoms with Gasteiger partial charge in [-0.25, -0.2) is 0 Å². The average Bonchev–Trinajstić information content (AvgIpc) is 2.64. The van der Waals surface area contributed by atoms with Crippen LogP contribution in [-0.4, -0.2) is 45.7 Å². The van der Waals surface area contributed by atoms with Crippen LogP contribution in [0, 0.1) is 5.92 Å². The molecule has 1 aromatic rings. The number of aliphatic imine (C=N–C) groups is 1. The number of halogens is 1. The number of amides is 1. The monoisotopic (exact) mass is 502 g/mol. The van der Waals surface area contributed by atoms with E-state index in [4.69, 9.17) is 4.74 Å². The van der Waals surface area contributed by atoms with E-state index < -0.39 is 0 Å². The lowest BCUT2D eigenvalue weighted by atomic mass is 9.85. The molecule has 0 bridgehead atoms. The Balaban J connectivity index is 0.00000392. The van der Waals surface area contributed by atoms with E-state index in [-0.39, 0.29) is 35.8 Å². The molecule has 28 heavy (non-hydrogen) atoms. The summed E-state index contributed by atoms with van der Waals surface area (Å²) in [4.78, 5) is 16.0. The van der Waals surface area contributed by atoms with Gasteiger partial charge in [0.05, 0.1) is 7.11 Å². The maximum Gasteiger partial charge on any atom is 0.223 e. The number of hydrogen-bond acceptors (Lipinski definition) is 3. The number of hydrogen-bond donors (Lipinski definition) is 3. The van der Waals surface area contributed by atoms with Crippen LogP contribution in [0.3, 0.4) is 0 Å². The summed E-state index contributed by atoms with van der Waals surface area (Å²) in [6.45, 7) is 4.59. The number of carbonyl (C=O) groups excluding carboxylic acids is 1.